The Balaban J connectivity index is 1.62. The van der Waals surface area contributed by atoms with Gasteiger partial charge in [0.1, 0.15) is 17.3 Å². The lowest BCUT2D eigenvalue weighted by atomic mass is 10.2. The highest BCUT2D eigenvalue weighted by Gasteiger charge is 2.09. The zero-order valence-corrected chi connectivity index (χ0v) is 15.6. The summed E-state index contributed by atoms with van der Waals surface area (Å²) in [5.74, 6) is 2.17. The number of para-hydroxylation sites is 1. The normalized spacial score (nSPS) is 10.3. The first kappa shape index (κ1) is 18.5. The van der Waals surface area contributed by atoms with E-state index in [1.807, 2.05) is 60.7 Å². The van der Waals surface area contributed by atoms with Gasteiger partial charge in [-0.1, -0.05) is 18.2 Å². The molecule has 0 saturated heterocycles. The number of carbonyl (C=O) groups excluding carboxylic acids is 1. The minimum Gasteiger partial charge on any atom is -0.457 e. The second-order valence-electron chi connectivity index (χ2n) is 5.97. The van der Waals surface area contributed by atoms with Crippen LogP contribution in [0, 0.1) is 0 Å². The smallest absolute Gasteiger partial charge is 0.257 e. The van der Waals surface area contributed by atoms with Crippen LogP contribution in [0.15, 0.2) is 72.9 Å². The number of benzene rings is 2. The van der Waals surface area contributed by atoms with Crippen molar-refractivity contribution in [1.82, 2.24) is 4.98 Å². The molecule has 0 aliphatic rings. The van der Waals surface area contributed by atoms with E-state index in [1.54, 1.807) is 12.3 Å². The molecule has 0 aliphatic carbocycles. The average Bonchev–Trinajstić information content (AvgIpc) is 2.72. The molecule has 2 aromatic carbocycles. The molecule has 1 amide bonds. The highest BCUT2D eigenvalue weighted by Crippen LogP contribution is 2.23. The molecule has 0 unspecified atom stereocenters. The van der Waals surface area contributed by atoms with E-state index >= 15 is 0 Å². The van der Waals surface area contributed by atoms with E-state index in [0.29, 0.717) is 17.0 Å². The van der Waals surface area contributed by atoms with Crippen molar-refractivity contribution in [2.45, 2.75) is 13.8 Å². The molecule has 0 bridgehead atoms. The Bertz CT molecular complexity index is 858. The fraction of sp³-hybridized carbons (Fsp3) is 0.182. The van der Waals surface area contributed by atoms with E-state index in [1.165, 1.54) is 0 Å². The maximum atomic E-state index is 12.4. The lowest BCUT2D eigenvalue weighted by Gasteiger charge is -2.19. The van der Waals surface area contributed by atoms with Crippen LogP contribution in [0.2, 0.25) is 0 Å². The minimum absolute atomic E-state index is 0.190. The Morgan fingerprint density at radius 2 is 1.59 bits per heavy atom. The molecular formula is C22H23N3O2. The molecule has 27 heavy (non-hydrogen) atoms. The van der Waals surface area contributed by atoms with Crippen molar-refractivity contribution in [3.8, 4) is 11.5 Å². The van der Waals surface area contributed by atoms with Crippen LogP contribution in [0.3, 0.4) is 0 Å². The maximum Gasteiger partial charge on any atom is 0.257 e. The van der Waals surface area contributed by atoms with E-state index in [-0.39, 0.29) is 5.91 Å². The van der Waals surface area contributed by atoms with Crippen molar-refractivity contribution in [3.63, 3.8) is 0 Å². The minimum atomic E-state index is -0.190. The zero-order chi connectivity index (χ0) is 19.1. The maximum absolute atomic E-state index is 12.4. The summed E-state index contributed by atoms with van der Waals surface area (Å²) in [5.41, 5.74) is 1.23. The number of hydrogen-bond acceptors (Lipinski definition) is 4. The molecule has 0 saturated carbocycles. The fourth-order valence-corrected chi connectivity index (χ4v) is 2.69. The predicted molar refractivity (Wildman–Crippen MR) is 109 cm³/mol. The van der Waals surface area contributed by atoms with Gasteiger partial charge in [-0.3, -0.25) is 4.79 Å². The summed E-state index contributed by atoms with van der Waals surface area (Å²) in [6.45, 7) is 5.92. The number of amides is 1. The van der Waals surface area contributed by atoms with Gasteiger partial charge in [0.05, 0.1) is 5.56 Å². The van der Waals surface area contributed by atoms with Crippen LogP contribution in [-0.4, -0.2) is 24.0 Å². The quantitative estimate of drug-likeness (QED) is 0.645. The highest BCUT2D eigenvalue weighted by molar-refractivity contribution is 6.04. The molecule has 1 aromatic heterocycles. The molecule has 1 heterocycles. The van der Waals surface area contributed by atoms with Gasteiger partial charge in [0, 0.05) is 25.0 Å². The largest absolute Gasteiger partial charge is 0.457 e. The molecule has 138 valence electrons. The molecular weight excluding hydrogens is 338 g/mol. The van der Waals surface area contributed by atoms with Gasteiger partial charge in [-0.25, -0.2) is 4.98 Å². The number of ether oxygens (including phenoxy) is 1. The zero-order valence-electron chi connectivity index (χ0n) is 15.6. The number of pyridine rings is 1. The van der Waals surface area contributed by atoms with Crippen LogP contribution in [-0.2, 0) is 0 Å². The van der Waals surface area contributed by atoms with Crippen LogP contribution in [0.4, 0.5) is 11.5 Å². The molecule has 0 aliphatic heterocycles. The van der Waals surface area contributed by atoms with E-state index < -0.39 is 0 Å². The number of anilines is 2. The molecule has 0 fully saturated rings. The standard InChI is InChI=1S/C22H23N3O2/c1-3-25(4-2)21-15-10-17(16-23-21)22(26)24-18-11-13-20(14-12-18)27-19-8-6-5-7-9-19/h5-16H,3-4H2,1-2H3,(H,24,26). The second kappa shape index (κ2) is 8.85. The van der Waals surface area contributed by atoms with Gasteiger partial charge in [0.25, 0.3) is 5.91 Å². The summed E-state index contributed by atoms with van der Waals surface area (Å²) in [7, 11) is 0. The lowest BCUT2D eigenvalue weighted by Crippen LogP contribution is -2.23. The Labute approximate surface area is 159 Å². The predicted octanol–water partition coefficient (Wildman–Crippen LogP) is 4.97. The second-order valence-corrected chi connectivity index (χ2v) is 5.97. The lowest BCUT2D eigenvalue weighted by molar-refractivity contribution is 0.102. The van der Waals surface area contributed by atoms with Crippen LogP contribution in [0.1, 0.15) is 24.2 Å². The van der Waals surface area contributed by atoms with Gasteiger partial charge in [-0.2, -0.15) is 0 Å². The topological polar surface area (TPSA) is 54.5 Å². The van der Waals surface area contributed by atoms with Crippen LogP contribution in [0.25, 0.3) is 0 Å². The van der Waals surface area contributed by atoms with E-state index in [4.69, 9.17) is 4.74 Å². The molecule has 5 nitrogen and oxygen atoms in total. The molecule has 3 rings (SSSR count). The van der Waals surface area contributed by atoms with Gasteiger partial charge in [0.15, 0.2) is 0 Å². The molecule has 0 atom stereocenters. The number of nitrogens with one attached hydrogen (secondary N) is 1. The van der Waals surface area contributed by atoms with Crippen LogP contribution >= 0.6 is 0 Å². The summed E-state index contributed by atoms with van der Waals surface area (Å²) in [4.78, 5) is 18.9. The number of carbonyl (C=O) groups is 1. The SMILES string of the molecule is CCN(CC)c1ccc(C(=O)Nc2ccc(Oc3ccccc3)cc2)cn1. The third kappa shape index (κ3) is 4.85. The van der Waals surface area contributed by atoms with Gasteiger partial charge < -0.3 is 15.0 Å². The van der Waals surface area contributed by atoms with Crippen molar-refractivity contribution < 1.29 is 9.53 Å². The summed E-state index contributed by atoms with van der Waals surface area (Å²) in [5, 5.41) is 2.88. The van der Waals surface area contributed by atoms with Gasteiger partial charge in [0.2, 0.25) is 0 Å². The first-order valence-electron chi connectivity index (χ1n) is 9.05. The van der Waals surface area contributed by atoms with Crippen molar-refractivity contribution >= 4 is 17.4 Å². The molecule has 0 radical (unpaired) electrons. The van der Waals surface area contributed by atoms with Crippen molar-refractivity contribution in [2.75, 3.05) is 23.3 Å². The first-order chi connectivity index (χ1) is 13.2. The number of rotatable bonds is 7. The van der Waals surface area contributed by atoms with Crippen LogP contribution < -0.4 is 15.0 Å². The van der Waals surface area contributed by atoms with Gasteiger partial charge in [-0.15, -0.1) is 0 Å². The summed E-state index contributed by atoms with van der Waals surface area (Å²) in [6, 6.07) is 20.5. The summed E-state index contributed by atoms with van der Waals surface area (Å²) >= 11 is 0. The first-order valence-corrected chi connectivity index (χ1v) is 9.05. The van der Waals surface area contributed by atoms with Crippen molar-refractivity contribution in [1.29, 1.82) is 0 Å². The Morgan fingerprint density at radius 3 is 2.19 bits per heavy atom. The van der Waals surface area contributed by atoms with Gasteiger partial charge in [-0.05, 0) is 62.4 Å². The van der Waals surface area contributed by atoms with E-state index in [9.17, 15) is 4.79 Å². The Hall–Kier alpha value is -3.34. The average molecular weight is 361 g/mol. The summed E-state index contributed by atoms with van der Waals surface area (Å²) in [6.07, 6.45) is 1.61. The monoisotopic (exact) mass is 361 g/mol. The third-order valence-electron chi connectivity index (χ3n) is 4.19. The number of hydrogen-bond donors (Lipinski definition) is 1. The van der Waals surface area contributed by atoms with E-state index in [0.717, 1.165) is 24.7 Å². The van der Waals surface area contributed by atoms with Gasteiger partial charge >= 0.3 is 0 Å². The van der Waals surface area contributed by atoms with Crippen molar-refractivity contribution in [2.24, 2.45) is 0 Å². The van der Waals surface area contributed by atoms with E-state index in [2.05, 4.69) is 29.0 Å². The third-order valence-corrected chi connectivity index (χ3v) is 4.19. The molecule has 0 spiro atoms. The fourth-order valence-electron chi connectivity index (χ4n) is 2.69. The molecule has 1 N–H and O–H groups in total. The molecule has 5 heteroatoms. The Morgan fingerprint density at radius 1 is 0.926 bits per heavy atom. The highest BCUT2D eigenvalue weighted by atomic mass is 16.5. The molecule has 3 aromatic rings. The number of nitrogens with zero attached hydrogens (tertiary/aromatic N) is 2. The van der Waals surface area contributed by atoms with Crippen molar-refractivity contribution in [3.05, 3.63) is 78.5 Å². The summed E-state index contributed by atoms with van der Waals surface area (Å²) < 4.78 is 5.75. The Kier molecular flexibility index (Phi) is 6.05. The number of aromatic nitrogens is 1. The van der Waals surface area contributed by atoms with Crippen LogP contribution in [0.5, 0.6) is 11.5 Å².